The van der Waals surface area contributed by atoms with E-state index in [0.29, 0.717) is 12.5 Å². The van der Waals surface area contributed by atoms with E-state index in [4.69, 9.17) is 0 Å². The van der Waals surface area contributed by atoms with Crippen molar-refractivity contribution < 1.29 is 4.79 Å². The fraction of sp³-hybridized carbons (Fsp3) is 0.600. The van der Waals surface area contributed by atoms with Gasteiger partial charge in [0.2, 0.25) is 0 Å². The van der Waals surface area contributed by atoms with Crippen LogP contribution >= 0.6 is 11.3 Å². The number of rotatable bonds is 5. The number of carbonyl (C=O) groups excluding carboxylic acids is 1. The second-order valence-corrected chi connectivity index (χ2v) is 6.77. The first-order valence-electron chi connectivity index (χ1n) is 8.04. The quantitative estimate of drug-likeness (QED) is 0.906. The summed E-state index contributed by atoms with van der Waals surface area (Å²) in [5.41, 5.74) is 0.941. The second kappa shape index (κ2) is 7.54. The van der Waals surface area contributed by atoms with Crippen LogP contribution in [0.15, 0.2) is 17.8 Å². The minimum absolute atomic E-state index is 0.000612. The number of aryl methyl sites for hydroxylation is 1. The lowest BCUT2D eigenvalue weighted by molar-refractivity contribution is 0.157. The normalized spacial score (nSPS) is 18.1. The van der Waals surface area contributed by atoms with Gasteiger partial charge in [0.25, 0.3) is 0 Å². The standard InChI is InChI=1S/C15H22N6OS/c1-2-14-18-13(11-23-14)8-16-15(22)20-6-3-4-12(9-20)10-21-7-5-17-19-21/h5,7,11-12H,2-4,6,8-10H2,1H3,(H,16,22)/t12-/m1/s1. The van der Waals surface area contributed by atoms with Crippen molar-refractivity contribution in [1.29, 1.82) is 0 Å². The molecule has 0 spiro atoms. The van der Waals surface area contributed by atoms with Gasteiger partial charge in [0, 0.05) is 31.2 Å². The number of hydrogen-bond donors (Lipinski definition) is 1. The number of carbonyl (C=O) groups is 1. The van der Waals surface area contributed by atoms with E-state index in [1.54, 1.807) is 17.5 Å². The third-order valence-electron chi connectivity index (χ3n) is 4.05. The summed E-state index contributed by atoms with van der Waals surface area (Å²) >= 11 is 1.65. The Morgan fingerprint density at radius 1 is 1.52 bits per heavy atom. The average Bonchev–Trinajstić information content (AvgIpc) is 3.24. The average molecular weight is 334 g/mol. The largest absolute Gasteiger partial charge is 0.332 e. The van der Waals surface area contributed by atoms with Gasteiger partial charge >= 0.3 is 6.03 Å². The summed E-state index contributed by atoms with van der Waals surface area (Å²) in [5.74, 6) is 0.433. The Hall–Kier alpha value is -1.96. The highest BCUT2D eigenvalue weighted by molar-refractivity contribution is 7.09. The zero-order valence-corrected chi connectivity index (χ0v) is 14.1. The van der Waals surface area contributed by atoms with Gasteiger partial charge in [-0.3, -0.25) is 4.68 Å². The predicted octanol–water partition coefficient (Wildman–Crippen LogP) is 1.92. The highest BCUT2D eigenvalue weighted by Crippen LogP contribution is 2.18. The summed E-state index contributed by atoms with van der Waals surface area (Å²) in [6.07, 6.45) is 6.64. The van der Waals surface area contributed by atoms with E-state index in [2.05, 4.69) is 27.5 Å². The van der Waals surface area contributed by atoms with E-state index in [0.717, 1.165) is 49.6 Å². The van der Waals surface area contributed by atoms with E-state index in [-0.39, 0.29) is 6.03 Å². The van der Waals surface area contributed by atoms with Crippen LogP contribution in [-0.4, -0.2) is 44.0 Å². The Kier molecular flexibility index (Phi) is 5.22. The Labute approximate surface area is 139 Å². The number of piperidine rings is 1. The maximum Gasteiger partial charge on any atom is 0.317 e. The van der Waals surface area contributed by atoms with Crippen LogP contribution in [0.4, 0.5) is 4.79 Å². The van der Waals surface area contributed by atoms with E-state index in [1.807, 2.05) is 21.2 Å². The van der Waals surface area contributed by atoms with Crippen LogP contribution in [0.1, 0.15) is 30.5 Å². The minimum Gasteiger partial charge on any atom is -0.332 e. The predicted molar refractivity (Wildman–Crippen MR) is 88.0 cm³/mol. The molecule has 2 amide bonds. The highest BCUT2D eigenvalue weighted by Gasteiger charge is 2.24. The number of likely N-dealkylation sites (tertiary alicyclic amines) is 1. The van der Waals surface area contributed by atoms with E-state index in [9.17, 15) is 4.79 Å². The first kappa shape index (κ1) is 15.9. The van der Waals surface area contributed by atoms with Crippen LogP contribution in [0.5, 0.6) is 0 Å². The molecule has 124 valence electrons. The molecule has 0 aliphatic carbocycles. The molecule has 3 rings (SSSR count). The van der Waals surface area contributed by atoms with Crippen molar-refractivity contribution in [3.63, 3.8) is 0 Å². The molecule has 7 nitrogen and oxygen atoms in total. The summed E-state index contributed by atoms with van der Waals surface area (Å²) in [4.78, 5) is 18.7. The minimum atomic E-state index is -0.000612. The molecule has 3 heterocycles. The molecule has 8 heteroatoms. The Balaban J connectivity index is 1.48. The van der Waals surface area contributed by atoms with Crippen molar-refractivity contribution in [1.82, 2.24) is 30.2 Å². The highest BCUT2D eigenvalue weighted by atomic mass is 32.1. The van der Waals surface area contributed by atoms with Gasteiger partial charge in [-0.05, 0) is 25.2 Å². The molecule has 1 saturated heterocycles. The van der Waals surface area contributed by atoms with Crippen molar-refractivity contribution >= 4 is 17.4 Å². The maximum atomic E-state index is 12.4. The summed E-state index contributed by atoms with van der Waals surface area (Å²) < 4.78 is 1.84. The van der Waals surface area contributed by atoms with Crippen molar-refractivity contribution in [3.8, 4) is 0 Å². The van der Waals surface area contributed by atoms with Crippen molar-refractivity contribution in [2.24, 2.45) is 5.92 Å². The van der Waals surface area contributed by atoms with Crippen LogP contribution in [0.3, 0.4) is 0 Å². The molecular formula is C15H22N6OS. The number of amides is 2. The maximum absolute atomic E-state index is 12.4. The zero-order chi connectivity index (χ0) is 16.1. The van der Waals surface area contributed by atoms with Gasteiger partial charge in [-0.15, -0.1) is 16.4 Å². The number of nitrogens with one attached hydrogen (secondary N) is 1. The fourth-order valence-corrected chi connectivity index (χ4v) is 3.61. The Morgan fingerprint density at radius 3 is 3.17 bits per heavy atom. The number of urea groups is 1. The topological polar surface area (TPSA) is 75.9 Å². The Bertz CT molecular complexity index is 626. The van der Waals surface area contributed by atoms with Crippen LogP contribution in [0.25, 0.3) is 0 Å². The number of thiazole rings is 1. The van der Waals surface area contributed by atoms with Gasteiger partial charge < -0.3 is 10.2 Å². The molecule has 0 aromatic carbocycles. The molecule has 0 bridgehead atoms. The monoisotopic (exact) mass is 334 g/mol. The molecule has 0 unspecified atom stereocenters. The van der Waals surface area contributed by atoms with Crippen LogP contribution < -0.4 is 5.32 Å². The van der Waals surface area contributed by atoms with Crippen LogP contribution in [0.2, 0.25) is 0 Å². The molecule has 2 aromatic rings. The van der Waals surface area contributed by atoms with Crippen molar-refractivity contribution in [2.75, 3.05) is 13.1 Å². The molecular weight excluding hydrogens is 312 g/mol. The van der Waals surface area contributed by atoms with Gasteiger partial charge in [-0.25, -0.2) is 9.78 Å². The summed E-state index contributed by atoms with van der Waals surface area (Å²) in [6.45, 7) is 4.99. The number of nitrogens with zero attached hydrogens (tertiary/aromatic N) is 5. The van der Waals surface area contributed by atoms with Crippen LogP contribution in [-0.2, 0) is 19.5 Å². The molecule has 2 aromatic heterocycles. The molecule has 0 radical (unpaired) electrons. The van der Waals surface area contributed by atoms with Gasteiger partial charge in [0.1, 0.15) is 0 Å². The van der Waals surface area contributed by atoms with Gasteiger partial charge in [0.15, 0.2) is 0 Å². The van der Waals surface area contributed by atoms with Crippen LogP contribution in [0, 0.1) is 5.92 Å². The fourth-order valence-electron chi connectivity index (χ4n) is 2.86. The smallest absolute Gasteiger partial charge is 0.317 e. The van der Waals surface area contributed by atoms with Gasteiger partial charge in [-0.1, -0.05) is 12.1 Å². The van der Waals surface area contributed by atoms with Crippen molar-refractivity contribution in [3.05, 3.63) is 28.5 Å². The first-order chi connectivity index (χ1) is 11.2. The Morgan fingerprint density at radius 2 is 2.43 bits per heavy atom. The molecule has 1 atom stereocenters. The first-order valence-corrected chi connectivity index (χ1v) is 8.92. The molecule has 1 aliphatic rings. The molecule has 1 fully saturated rings. The van der Waals surface area contributed by atoms with E-state index >= 15 is 0 Å². The molecule has 0 saturated carbocycles. The molecule has 1 aliphatic heterocycles. The molecule has 23 heavy (non-hydrogen) atoms. The van der Waals surface area contributed by atoms with E-state index < -0.39 is 0 Å². The second-order valence-electron chi connectivity index (χ2n) is 5.82. The number of hydrogen-bond acceptors (Lipinski definition) is 5. The summed E-state index contributed by atoms with van der Waals surface area (Å²) in [6, 6.07) is -0.000612. The number of aromatic nitrogens is 4. The zero-order valence-electron chi connectivity index (χ0n) is 13.3. The lowest BCUT2D eigenvalue weighted by atomic mass is 9.98. The van der Waals surface area contributed by atoms with E-state index in [1.165, 1.54) is 0 Å². The lowest BCUT2D eigenvalue weighted by Crippen LogP contribution is -2.46. The van der Waals surface area contributed by atoms with Crippen molar-refractivity contribution in [2.45, 2.75) is 39.3 Å². The third kappa shape index (κ3) is 4.28. The van der Waals surface area contributed by atoms with Gasteiger partial charge in [-0.2, -0.15) is 0 Å². The summed E-state index contributed by atoms with van der Waals surface area (Å²) in [5, 5.41) is 13.9. The molecule has 1 N–H and O–H groups in total. The lowest BCUT2D eigenvalue weighted by Gasteiger charge is -2.32. The summed E-state index contributed by atoms with van der Waals surface area (Å²) in [7, 11) is 0. The van der Waals surface area contributed by atoms with Gasteiger partial charge in [0.05, 0.1) is 23.4 Å². The SMILES string of the molecule is CCc1nc(CNC(=O)N2CCC[C@@H](Cn3ccnn3)C2)cs1. The third-order valence-corrected chi connectivity index (χ3v) is 5.09.